The van der Waals surface area contributed by atoms with Gasteiger partial charge in [-0.2, -0.15) is 0 Å². The van der Waals surface area contributed by atoms with Gasteiger partial charge in [-0.05, 0) is 55.3 Å². The number of hydrogen-bond acceptors (Lipinski definition) is 7. The van der Waals surface area contributed by atoms with E-state index < -0.39 is 12.0 Å². The standard InChI is InChI=1S/C29H28N2O5S/c1-5-16-35-22-12-8-20(9-13-22)18-24-27(32)31-26(21-10-14-23(15-11-21)36-17-6-2)25(28(33)34-7-3)19(4)30-29(31)37-24/h5-6,8-15,18,26H,1-2,7,16-17H2,3-4H3/b24-18-/t26-/m1/s1. The van der Waals surface area contributed by atoms with Crippen LogP contribution in [0.25, 0.3) is 6.08 Å². The summed E-state index contributed by atoms with van der Waals surface area (Å²) in [7, 11) is 0. The van der Waals surface area contributed by atoms with Crippen LogP contribution in [0.5, 0.6) is 11.5 Å². The Bertz CT molecular complexity index is 1510. The molecule has 2 heterocycles. The van der Waals surface area contributed by atoms with Crippen LogP contribution in [0, 0.1) is 0 Å². The van der Waals surface area contributed by atoms with Gasteiger partial charge in [-0.25, -0.2) is 9.79 Å². The maximum absolute atomic E-state index is 13.7. The van der Waals surface area contributed by atoms with Gasteiger partial charge >= 0.3 is 5.97 Å². The normalized spacial score (nSPS) is 15.0. The highest BCUT2D eigenvalue weighted by Crippen LogP contribution is 2.31. The van der Waals surface area contributed by atoms with Crippen molar-refractivity contribution in [2.45, 2.75) is 19.9 Å². The SMILES string of the molecule is C=CCOc1ccc(/C=c2\sc3n(c2=O)[C@H](c2ccc(OCC=C)cc2)C(C(=O)OCC)=C(C)N=3)cc1. The van der Waals surface area contributed by atoms with E-state index in [4.69, 9.17) is 14.2 Å². The average molecular weight is 517 g/mol. The molecule has 3 aromatic rings. The molecule has 7 nitrogen and oxygen atoms in total. The molecule has 0 unspecified atom stereocenters. The number of benzene rings is 2. The van der Waals surface area contributed by atoms with Crippen LogP contribution < -0.4 is 24.4 Å². The minimum Gasteiger partial charge on any atom is -0.490 e. The lowest BCUT2D eigenvalue weighted by Gasteiger charge is -2.24. The first-order chi connectivity index (χ1) is 18.0. The van der Waals surface area contributed by atoms with Crippen molar-refractivity contribution in [1.29, 1.82) is 0 Å². The average Bonchev–Trinajstić information content (AvgIpc) is 3.20. The van der Waals surface area contributed by atoms with Crippen LogP contribution in [0.1, 0.15) is 31.0 Å². The van der Waals surface area contributed by atoms with E-state index in [-0.39, 0.29) is 12.2 Å². The second kappa shape index (κ2) is 11.7. The molecule has 1 atom stereocenters. The second-order valence-corrected chi connectivity index (χ2v) is 9.15. The number of allylic oxidation sites excluding steroid dienone is 1. The fourth-order valence-corrected chi connectivity index (χ4v) is 5.02. The number of ether oxygens (including phenoxy) is 3. The van der Waals surface area contributed by atoms with Gasteiger partial charge in [-0.15, -0.1) is 0 Å². The summed E-state index contributed by atoms with van der Waals surface area (Å²) in [5.41, 5.74) is 2.22. The summed E-state index contributed by atoms with van der Waals surface area (Å²) in [6, 6.07) is 14.1. The molecule has 190 valence electrons. The highest BCUT2D eigenvalue weighted by molar-refractivity contribution is 7.07. The minimum absolute atomic E-state index is 0.216. The summed E-state index contributed by atoms with van der Waals surface area (Å²) < 4.78 is 18.6. The van der Waals surface area contributed by atoms with Crippen molar-refractivity contribution in [2.24, 2.45) is 4.99 Å². The van der Waals surface area contributed by atoms with E-state index in [0.29, 0.717) is 45.3 Å². The molecule has 37 heavy (non-hydrogen) atoms. The third-order valence-corrected chi connectivity index (χ3v) is 6.61. The van der Waals surface area contributed by atoms with Crippen molar-refractivity contribution >= 4 is 23.4 Å². The highest BCUT2D eigenvalue weighted by atomic mass is 32.1. The monoisotopic (exact) mass is 516 g/mol. The lowest BCUT2D eigenvalue weighted by Crippen LogP contribution is -2.39. The van der Waals surface area contributed by atoms with Gasteiger partial charge in [0.05, 0.1) is 28.5 Å². The second-order valence-electron chi connectivity index (χ2n) is 8.14. The summed E-state index contributed by atoms with van der Waals surface area (Å²) in [5, 5.41) is 0. The zero-order chi connectivity index (χ0) is 26.4. The zero-order valence-corrected chi connectivity index (χ0v) is 21.6. The number of rotatable bonds is 10. The van der Waals surface area contributed by atoms with Gasteiger partial charge in [0, 0.05) is 0 Å². The first-order valence-electron chi connectivity index (χ1n) is 11.8. The van der Waals surface area contributed by atoms with Gasteiger partial charge < -0.3 is 14.2 Å². The fourth-order valence-electron chi connectivity index (χ4n) is 3.98. The van der Waals surface area contributed by atoms with Crippen LogP contribution in [0.2, 0.25) is 0 Å². The first kappa shape index (κ1) is 25.9. The molecule has 0 fully saturated rings. The number of carbonyl (C=O) groups excluding carboxylic acids is 1. The number of carbonyl (C=O) groups is 1. The molecule has 2 aromatic carbocycles. The van der Waals surface area contributed by atoms with Gasteiger partial charge in [-0.3, -0.25) is 9.36 Å². The summed E-state index contributed by atoms with van der Waals surface area (Å²) in [5.74, 6) is 0.883. The Morgan fingerprint density at radius 2 is 1.62 bits per heavy atom. The quantitative estimate of drug-likeness (QED) is 0.301. The molecule has 1 aliphatic heterocycles. The molecule has 0 radical (unpaired) electrons. The van der Waals surface area contributed by atoms with E-state index in [9.17, 15) is 9.59 Å². The number of hydrogen-bond donors (Lipinski definition) is 0. The van der Waals surface area contributed by atoms with Crippen LogP contribution in [-0.2, 0) is 9.53 Å². The van der Waals surface area contributed by atoms with E-state index in [1.54, 1.807) is 30.6 Å². The molecule has 1 aromatic heterocycles. The van der Waals surface area contributed by atoms with E-state index in [1.165, 1.54) is 11.3 Å². The Morgan fingerprint density at radius 1 is 1.03 bits per heavy atom. The Kier molecular flexibility index (Phi) is 8.20. The van der Waals surface area contributed by atoms with Gasteiger partial charge in [0.25, 0.3) is 5.56 Å². The number of nitrogens with zero attached hydrogens (tertiary/aromatic N) is 2. The molecule has 0 N–H and O–H groups in total. The smallest absolute Gasteiger partial charge is 0.338 e. The molecule has 0 amide bonds. The lowest BCUT2D eigenvalue weighted by molar-refractivity contribution is -0.139. The van der Waals surface area contributed by atoms with Crippen LogP contribution in [-0.4, -0.2) is 30.4 Å². The van der Waals surface area contributed by atoms with Crippen molar-refractivity contribution < 1.29 is 19.0 Å². The molecule has 1 aliphatic rings. The van der Waals surface area contributed by atoms with Crippen molar-refractivity contribution in [3.63, 3.8) is 0 Å². The molecule has 0 saturated carbocycles. The maximum atomic E-state index is 13.7. The molecule has 0 bridgehead atoms. The number of esters is 1. The molecular formula is C29H28N2O5S. The van der Waals surface area contributed by atoms with Crippen LogP contribution in [0.3, 0.4) is 0 Å². The van der Waals surface area contributed by atoms with E-state index in [1.807, 2.05) is 54.6 Å². The van der Waals surface area contributed by atoms with Gasteiger partial charge in [0.1, 0.15) is 24.7 Å². The number of aromatic nitrogens is 1. The summed E-state index contributed by atoms with van der Waals surface area (Å²) >= 11 is 1.28. The Labute approximate surface area is 219 Å². The topological polar surface area (TPSA) is 79.1 Å². The van der Waals surface area contributed by atoms with Gasteiger partial charge in [0.2, 0.25) is 0 Å². The molecular weight excluding hydrogens is 488 g/mol. The lowest BCUT2D eigenvalue weighted by atomic mass is 9.96. The third kappa shape index (κ3) is 5.65. The molecule has 0 spiro atoms. The molecule has 8 heteroatoms. The van der Waals surface area contributed by atoms with Crippen LogP contribution >= 0.6 is 11.3 Å². The maximum Gasteiger partial charge on any atom is 0.338 e. The summed E-state index contributed by atoms with van der Waals surface area (Å²) in [4.78, 5) is 31.8. The summed E-state index contributed by atoms with van der Waals surface area (Å²) in [6.45, 7) is 11.8. The number of thiazole rings is 1. The van der Waals surface area contributed by atoms with Crippen molar-refractivity contribution in [2.75, 3.05) is 19.8 Å². The predicted octanol–water partition coefficient (Wildman–Crippen LogP) is 3.93. The molecule has 4 rings (SSSR count). The Hall–Kier alpha value is -4.17. The van der Waals surface area contributed by atoms with Crippen molar-refractivity contribution in [3.8, 4) is 11.5 Å². The molecule has 0 saturated heterocycles. The summed E-state index contributed by atoms with van der Waals surface area (Å²) in [6.07, 6.45) is 5.16. The first-order valence-corrected chi connectivity index (χ1v) is 12.7. The third-order valence-electron chi connectivity index (χ3n) is 5.63. The largest absolute Gasteiger partial charge is 0.490 e. The fraction of sp³-hybridized carbons (Fsp3) is 0.207. The van der Waals surface area contributed by atoms with E-state index >= 15 is 0 Å². The van der Waals surface area contributed by atoms with Crippen LogP contribution in [0.15, 0.2) is 94.9 Å². The van der Waals surface area contributed by atoms with Gasteiger partial charge in [0.15, 0.2) is 4.80 Å². The van der Waals surface area contributed by atoms with Crippen LogP contribution in [0.4, 0.5) is 0 Å². The van der Waals surface area contributed by atoms with E-state index in [2.05, 4.69) is 18.2 Å². The van der Waals surface area contributed by atoms with E-state index in [0.717, 1.165) is 11.1 Å². The zero-order valence-electron chi connectivity index (χ0n) is 20.8. The minimum atomic E-state index is -0.680. The van der Waals surface area contributed by atoms with Crippen molar-refractivity contribution in [3.05, 3.63) is 116 Å². The predicted molar refractivity (Wildman–Crippen MR) is 145 cm³/mol. The Morgan fingerprint density at radius 3 is 2.19 bits per heavy atom. The highest BCUT2D eigenvalue weighted by Gasteiger charge is 2.33. The molecule has 0 aliphatic carbocycles. The van der Waals surface area contributed by atoms with Crippen molar-refractivity contribution in [1.82, 2.24) is 4.57 Å². The Balaban J connectivity index is 1.81. The number of fused-ring (bicyclic) bond motifs is 1. The van der Waals surface area contributed by atoms with Gasteiger partial charge in [-0.1, -0.05) is 60.9 Å².